The van der Waals surface area contributed by atoms with Crippen molar-refractivity contribution in [2.75, 3.05) is 26.2 Å². The average molecular weight is 372 g/mol. The van der Waals surface area contributed by atoms with Gasteiger partial charge in [-0.1, -0.05) is 54.1 Å². The summed E-state index contributed by atoms with van der Waals surface area (Å²) in [6, 6.07) is 17.5. The van der Waals surface area contributed by atoms with E-state index >= 15 is 0 Å². The zero-order valence-corrected chi connectivity index (χ0v) is 15.2. The van der Waals surface area contributed by atoms with Crippen molar-refractivity contribution in [1.29, 1.82) is 0 Å². The smallest absolute Gasteiger partial charge is 0.317 e. The molecular formula is C20H22ClN3O2. The SMILES string of the molecule is O=C(CC(c1ccccc1)c1cccc(Cl)c1)NCCN1CCNC1=O. The molecule has 2 N–H and O–H groups in total. The van der Waals surface area contributed by atoms with Crippen LogP contribution in [0.4, 0.5) is 4.79 Å². The van der Waals surface area contributed by atoms with Crippen molar-refractivity contribution in [3.8, 4) is 0 Å². The Hall–Kier alpha value is -2.53. The Kier molecular flexibility index (Phi) is 6.12. The van der Waals surface area contributed by atoms with Crippen molar-refractivity contribution in [1.82, 2.24) is 15.5 Å². The van der Waals surface area contributed by atoms with Gasteiger partial charge >= 0.3 is 6.03 Å². The number of carbonyl (C=O) groups excluding carboxylic acids is 2. The number of carbonyl (C=O) groups is 2. The zero-order valence-electron chi connectivity index (χ0n) is 14.5. The van der Waals surface area contributed by atoms with Crippen LogP contribution in [0.25, 0.3) is 0 Å². The second kappa shape index (κ2) is 8.72. The minimum Gasteiger partial charge on any atom is -0.354 e. The van der Waals surface area contributed by atoms with Crippen molar-refractivity contribution in [2.45, 2.75) is 12.3 Å². The number of hydrogen-bond acceptors (Lipinski definition) is 2. The molecule has 0 aromatic heterocycles. The molecule has 1 unspecified atom stereocenters. The fraction of sp³-hybridized carbons (Fsp3) is 0.300. The van der Waals surface area contributed by atoms with Gasteiger partial charge in [0.25, 0.3) is 0 Å². The third-order valence-electron chi connectivity index (χ3n) is 4.49. The van der Waals surface area contributed by atoms with E-state index in [1.807, 2.05) is 54.6 Å². The molecule has 1 aliphatic rings. The molecule has 5 nitrogen and oxygen atoms in total. The van der Waals surface area contributed by atoms with Crippen LogP contribution in [-0.2, 0) is 4.79 Å². The van der Waals surface area contributed by atoms with E-state index in [4.69, 9.17) is 11.6 Å². The molecule has 26 heavy (non-hydrogen) atoms. The molecule has 3 amide bonds. The topological polar surface area (TPSA) is 61.4 Å². The molecule has 0 saturated carbocycles. The highest BCUT2D eigenvalue weighted by Gasteiger charge is 2.20. The van der Waals surface area contributed by atoms with Crippen LogP contribution in [0, 0.1) is 0 Å². The normalized spacial score (nSPS) is 14.8. The van der Waals surface area contributed by atoms with Gasteiger partial charge in [0.15, 0.2) is 0 Å². The van der Waals surface area contributed by atoms with Gasteiger partial charge in [-0.25, -0.2) is 4.79 Å². The van der Waals surface area contributed by atoms with E-state index < -0.39 is 0 Å². The van der Waals surface area contributed by atoms with E-state index in [-0.39, 0.29) is 17.9 Å². The van der Waals surface area contributed by atoms with Crippen molar-refractivity contribution in [2.24, 2.45) is 0 Å². The monoisotopic (exact) mass is 371 g/mol. The van der Waals surface area contributed by atoms with Gasteiger partial charge in [0.2, 0.25) is 5.91 Å². The second-order valence-electron chi connectivity index (χ2n) is 6.29. The molecule has 1 aliphatic heterocycles. The lowest BCUT2D eigenvalue weighted by molar-refractivity contribution is -0.121. The largest absolute Gasteiger partial charge is 0.354 e. The molecule has 1 atom stereocenters. The molecule has 1 heterocycles. The summed E-state index contributed by atoms with van der Waals surface area (Å²) in [6.45, 7) is 2.32. The van der Waals surface area contributed by atoms with Crippen LogP contribution >= 0.6 is 11.6 Å². The first-order valence-electron chi connectivity index (χ1n) is 8.73. The van der Waals surface area contributed by atoms with E-state index in [1.165, 1.54) is 0 Å². The molecule has 0 aliphatic carbocycles. The molecule has 2 aromatic carbocycles. The minimum absolute atomic E-state index is 0.0431. The van der Waals surface area contributed by atoms with Gasteiger partial charge in [-0.15, -0.1) is 0 Å². The Bertz CT molecular complexity index is 767. The van der Waals surface area contributed by atoms with Crippen LogP contribution in [0.15, 0.2) is 54.6 Å². The van der Waals surface area contributed by atoms with Gasteiger partial charge in [-0.2, -0.15) is 0 Å². The molecule has 1 fully saturated rings. The summed E-state index contributed by atoms with van der Waals surface area (Å²) in [6.07, 6.45) is 0.330. The lowest BCUT2D eigenvalue weighted by atomic mass is 9.88. The molecule has 6 heteroatoms. The number of halogens is 1. The van der Waals surface area contributed by atoms with Gasteiger partial charge in [-0.3, -0.25) is 4.79 Å². The average Bonchev–Trinajstić information content (AvgIpc) is 3.05. The van der Waals surface area contributed by atoms with Crippen LogP contribution in [0.2, 0.25) is 5.02 Å². The number of hydrogen-bond donors (Lipinski definition) is 2. The highest BCUT2D eigenvalue weighted by Crippen LogP contribution is 2.29. The van der Waals surface area contributed by atoms with Crippen LogP contribution in [0.5, 0.6) is 0 Å². The Morgan fingerprint density at radius 1 is 1.15 bits per heavy atom. The van der Waals surface area contributed by atoms with Gasteiger partial charge < -0.3 is 15.5 Å². The van der Waals surface area contributed by atoms with Crippen molar-refractivity contribution < 1.29 is 9.59 Å². The van der Waals surface area contributed by atoms with E-state index in [0.29, 0.717) is 37.6 Å². The van der Waals surface area contributed by atoms with E-state index in [2.05, 4.69) is 10.6 Å². The Labute approximate surface area is 158 Å². The fourth-order valence-electron chi connectivity index (χ4n) is 3.15. The molecule has 0 radical (unpaired) electrons. The lowest BCUT2D eigenvalue weighted by Crippen LogP contribution is -2.37. The third-order valence-corrected chi connectivity index (χ3v) is 4.73. The summed E-state index contributed by atoms with van der Waals surface area (Å²) in [5, 5.41) is 6.33. The predicted octanol–water partition coefficient (Wildman–Crippen LogP) is 3.00. The summed E-state index contributed by atoms with van der Waals surface area (Å²) in [7, 11) is 0. The highest BCUT2D eigenvalue weighted by atomic mass is 35.5. The summed E-state index contributed by atoms with van der Waals surface area (Å²) in [5.74, 6) is -0.108. The van der Waals surface area contributed by atoms with Crippen LogP contribution in [0.1, 0.15) is 23.5 Å². The second-order valence-corrected chi connectivity index (χ2v) is 6.73. The summed E-state index contributed by atoms with van der Waals surface area (Å²) in [5.41, 5.74) is 2.08. The third kappa shape index (κ3) is 4.76. The zero-order chi connectivity index (χ0) is 18.4. The number of urea groups is 1. The summed E-state index contributed by atoms with van der Waals surface area (Å²) in [4.78, 5) is 25.7. The molecule has 3 rings (SSSR count). The van der Waals surface area contributed by atoms with Gasteiger partial charge in [0, 0.05) is 43.5 Å². The summed E-state index contributed by atoms with van der Waals surface area (Å²) < 4.78 is 0. The van der Waals surface area contributed by atoms with Gasteiger partial charge in [0.05, 0.1) is 0 Å². The highest BCUT2D eigenvalue weighted by molar-refractivity contribution is 6.30. The number of rotatable bonds is 7. The van der Waals surface area contributed by atoms with Gasteiger partial charge in [-0.05, 0) is 23.3 Å². The predicted molar refractivity (Wildman–Crippen MR) is 102 cm³/mol. The minimum atomic E-state index is -0.0691. The summed E-state index contributed by atoms with van der Waals surface area (Å²) >= 11 is 6.14. The van der Waals surface area contributed by atoms with Crippen LogP contribution in [0.3, 0.4) is 0 Å². The standard InChI is InChI=1S/C20H22ClN3O2/c21-17-8-4-7-16(13-17)18(15-5-2-1-3-6-15)14-19(25)22-9-11-24-12-10-23-20(24)26/h1-8,13,18H,9-12,14H2,(H,22,25)(H,23,26). The number of nitrogens with zero attached hydrogens (tertiary/aromatic N) is 1. The van der Waals surface area contributed by atoms with Crippen molar-refractivity contribution in [3.63, 3.8) is 0 Å². The molecule has 2 aromatic rings. The number of nitrogens with one attached hydrogen (secondary N) is 2. The van der Waals surface area contributed by atoms with E-state index in [1.54, 1.807) is 4.90 Å². The van der Waals surface area contributed by atoms with E-state index in [0.717, 1.165) is 11.1 Å². The van der Waals surface area contributed by atoms with Crippen molar-refractivity contribution in [3.05, 3.63) is 70.7 Å². The first kappa shape index (κ1) is 18.3. The maximum absolute atomic E-state index is 12.5. The molecule has 136 valence electrons. The Morgan fingerprint density at radius 3 is 2.62 bits per heavy atom. The van der Waals surface area contributed by atoms with Crippen molar-refractivity contribution >= 4 is 23.5 Å². The molecule has 0 bridgehead atoms. The first-order valence-corrected chi connectivity index (χ1v) is 9.11. The quantitative estimate of drug-likeness (QED) is 0.786. The molecular weight excluding hydrogens is 350 g/mol. The fourth-order valence-corrected chi connectivity index (χ4v) is 3.35. The number of benzene rings is 2. The maximum atomic E-state index is 12.5. The molecule has 1 saturated heterocycles. The van der Waals surface area contributed by atoms with Gasteiger partial charge in [0.1, 0.15) is 0 Å². The first-order chi connectivity index (χ1) is 12.6. The van der Waals surface area contributed by atoms with E-state index in [9.17, 15) is 9.59 Å². The van der Waals surface area contributed by atoms with Crippen LogP contribution < -0.4 is 10.6 Å². The number of amides is 3. The molecule has 0 spiro atoms. The Morgan fingerprint density at radius 2 is 1.92 bits per heavy atom. The lowest BCUT2D eigenvalue weighted by Gasteiger charge is -2.19. The maximum Gasteiger partial charge on any atom is 0.317 e. The Balaban J connectivity index is 1.64. The van der Waals surface area contributed by atoms with Crippen LogP contribution in [-0.4, -0.2) is 43.0 Å².